The van der Waals surface area contributed by atoms with Gasteiger partial charge in [-0.15, -0.1) is 0 Å². The van der Waals surface area contributed by atoms with E-state index in [2.05, 4.69) is 9.71 Å². The Balaban J connectivity index is 2.16. The van der Waals surface area contributed by atoms with E-state index in [0.29, 0.717) is 4.90 Å². The molecule has 2 rings (SSSR count). The molecule has 4 nitrogen and oxygen atoms in total. The van der Waals surface area contributed by atoms with Crippen LogP contribution in [0.1, 0.15) is 11.1 Å². The van der Waals surface area contributed by atoms with Crippen LogP contribution in [0.15, 0.2) is 53.7 Å². The molecule has 0 atom stereocenters. The number of benzene rings is 1. The van der Waals surface area contributed by atoms with Crippen molar-refractivity contribution < 1.29 is 8.42 Å². The number of hydrogen-bond donors (Lipinski definition) is 1. The molecule has 0 radical (unpaired) electrons. The van der Waals surface area contributed by atoms with Crippen molar-refractivity contribution in [3.8, 4) is 0 Å². The maximum absolute atomic E-state index is 12.1. The Morgan fingerprint density at radius 3 is 2.44 bits per heavy atom. The van der Waals surface area contributed by atoms with Crippen LogP contribution in [0.3, 0.4) is 0 Å². The van der Waals surface area contributed by atoms with Crippen LogP contribution >= 0.6 is 0 Å². The van der Waals surface area contributed by atoms with Gasteiger partial charge < -0.3 is 0 Å². The third kappa shape index (κ3) is 2.94. The molecule has 0 unspecified atom stereocenters. The Bertz CT molecular complexity index is 624. The number of aromatic nitrogens is 1. The molecule has 0 bridgehead atoms. The van der Waals surface area contributed by atoms with Crippen LogP contribution in [-0.4, -0.2) is 13.4 Å². The summed E-state index contributed by atoms with van der Waals surface area (Å²) in [6.07, 6.45) is 3.27. The highest BCUT2D eigenvalue weighted by molar-refractivity contribution is 7.89. The van der Waals surface area contributed by atoms with E-state index in [1.165, 1.54) is 0 Å². The van der Waals surface area contributed by atoms with Crippen LogP contribution < -0.4 is 4.72 Å². The van der Waals surface area contributed by atoms with Gasteiger partial charge in [0.15, 0.2) is 0 Å². The third-order valence-corrected chi connectivity index (χ3v) is 4.16. The molecule has 2 aromatic rings. The molecule has 0 fully saturated rings. The van der Waals surface area contributed by atoms with Crippen LogP contribution in [0.4, 0.5) is 0 Å². The lowest BCUT2D eigenvalue weighted by Gasteiger charge is -2.08. The normalized spacial score (nSPS) is 11.4. The number of aryl methyl sites for hydroxylation is 1. The number of rotatable bonds is 4. The minimum absolute atomic E-state index is 0.263. The Hall–Kier alpha value is -1.72. The largest absolute Gasteiger partial charge is 0.265 e. The molecule has 0 spiro atoms. The van der Waals surface area contributed by atoms with Crippen LogP contribution in [0, 0.1) is 6.92 Å². The van der Waals surface area contributed by atoms with Gasteiger partial charge in [0.05, 0.1) is 4.90 Å². The van der Waals surface area contributed by atoms with Gasteiger partial charge >= 0.3 is 0 Å². The third-order valence-electron chi connectivity index (χ3n) is 2.60. The van der Waals surface area contributed by atoms with Crippen molar-refractivity contribution in [2.75, 3.05) is 0 Å². The molecular formula is C13H14N2O2S. The number of nitrogens with one attached hydrogen (secondary N) is 1. The van der Waals surface area contributed by atoms with Gasteiger partial charge in [0, 0.05) is 18.9 Å². The summed E-state index contributed by atoms with van der Waals surface area (Å²) in [5.41, 5.74) is 1.61. The molecule has 0 aliphatic carbocycles. The summed E-state index contributed by atoms with van der Waals surface area (Å²) in [6, 6.07) is 10.5. The first-order chi connectivity index (χ1) is 8.59. The van der Waals surface area contributed by atoms with E-state index >= 15 is 0 Å². The van der Waals surface area contributed by atoms with E-state index in [1.54, 1.807) is 49.6 Å². The highest BCUT2D eigenvalue weighted by Gasteiger charge is 2.15. The fourth-order valence-corrected chi connectivity index (χ4v) is 2.88. The maximum atomic E-state index is 12.1. The zero-order valence-electron chi connectivity index (χ0n) is 10.00. The topological polar surface area (TPSA) is 59.1 Å². The molecule has 1 N–H and O–H groups in total. The molecule has 0 aliphatic heterocycles. The predicted octanol–water partition coefficient (Wildman–Crippen LogP) is 1.87. The van der Waals surface area contributed by atoms with Gasteiger partial charge in [0.2, 0.25) is 10.0 Å². The van der Waals surface area contributed by atoms with Crippen molar-refractivity contribution >= 4 is 10.0 Å². The van der Waals surface area contributed by atoms with Crippen LogP contribution in [-0.2, 0) is 16.6 Å². The highest BCUT2D eigenvalue weighted by atomic mass is 32.2. The second kappa shape index (κ2) is 5.29. The van der Waals surface area contributed by atoms with Crippen LogP contribution in [0.25, 0.3) is 0 Å². The Kier molecular flexibility index (Phi) is 3.74. The zero-order valence-corrected chi connectivity index (χ0v) is 10.8. The van der Waals surface area contributed by atoms with Gasteiger partial charge in [-0.1, -0.05) is 18.2 Å². The fourth-order valence-electron chi connectivity index (χ4n) is 1.61. The van der Waals surface area contributed by atoms with Crippen molar-refractivity contribution in [1.29, 1.82) is 0 Å². The summed E-state index contributed by atoms with van der Waals surface area (Å²) < 4.78 is 26.8. The van der Waals surface area contributed by atoms with E-state index in [1.807, 2.05) is 6.07 Å². The first-order valence-electron chi connectivity index (χ1n) is 5.54. The lowest BCUT2D eigenvalue weighted by Crippen LogP contribution is -2.23. The smallest absolute Gasteiger partial charge is 0.241 e. The molecule has 18 heavy (non-hydrogen) atoms. The molecule has 1 aromatic heterocycles. The van der Waals surface area contributed by atoms with Gasteiger partial charge in [-0.05, 0) is 36.2 Å². The number of nitrogens with zero attached hydrogens (tertiary/aromatic N) is 1. The minimum atomic E-state index is -3.46. The minimum Gasteiger partial charge on any atom is -0.265 e. The Labute approximate surface area is 107 Å². The summed E-state index contributed by atoms with van der Waals surface area (Å²) in [7, 11) is -3.46. The van der Waals surface area contributed by atoms with E-state index < -0.39 is 10.0 Å². The first kappa shape index (κ1) is 12.7. The molecule has 0 saturated heterocycles. The summed E-state index contributed by atoms with van der Waals surface area (Å²) >= 11 is 0. The number of hydrogen-bond acceptors (Lipinski definition) is 3. The van der Waals surface area contributed by atoms with Crippen LogP contribution in [0.2, 0.25) is 0 Å². The lowest BCUT2D eigenvalue weighted by molar-refractivity contribution is 0.580. The summed E-state index contributed by atoms with van der Waals surface area (Å²) in [6.45, 7) is 2.04. The molecule has 0 amide bonds. The van der Waals surface area contributed by atoms with Gasteiger partial charge in [-0.2, -0.15) is 0 Å². The van der Waals surface area contributed by atoms with Crippen molar-refractivity contribution in [2.45, 2.75) is 18.4 Å². The quantitative estimate of drug-likeness (QED) is 0.915. The Morgan fingerprint density at radius 1 is 1.11 bits per heavy atom. The van der Waals surface area contributed by atoms with Gasteiger partial charge in [0.1, 0.15) is 0 Å². The predicted molar refractivity (Wildman–Crippen MR) is 69.4 cm³/mol. The zero-order chi connectivity index (χ0) is 13.0. The van der Waals surface area contributed by atoms with Crippen molar-refractivity contribution in [3.05, 3.63) is 59.9 Å². The monoisotopic (exact) mass is 262 g/mol. The van der Waals surface area contributed by atoms with Crippen molar-refractivity contribution in [1.82, 2.24) is 9.71 Å². The van der Waals surface area contributed by atoms with Gasteiger partial charge in [-0.3, -0.25) is 4.98 Å². The van der Waals surface area contributed by atoms with Crippen LogP contribution in [0.5, 0.6) is 0 Å². The van der Waals surface area contributed by atoms with E-state index in [0.717, 1.165) is 11.1 Å². The second-order valence-electron chi connectivity index (χ2n) is 3.95. The average Bonchev–Trinajstić information content (AvgIpc) is 2.38. The van der Waals surface area contributed by atoms with Crippen molar-refractivity contribution in [2.24, 2.45) is 0 Å². The molecule has 94 valence electrons. The number of pyridine rings is 1. The second-order valence-corrected chi connectivity index (χ2v) is 5.68. The molecule has 0 saturated carbocycles. The highest BCUT2D eigenvalue weighted by Crippen LogP contribution is 2.14. The maximum Gasteiger partial charge on any atom is 0.241 e. The fraction of sp³-hybridized carbons (Fsp3) is 0.154. The SMILES string of the molecule is Cc1ccccc1S(=O)(=O)NCc1ccncc1. The molecule has 0 aliphatic rings. The molecule has 5 heteroatoms. The average molecular weight is 262 g/mol. The summed E-state index contributed by atoms with van der Waals surface area (Å²) in [5, 5.41) is 0. The first-order valence-corrected chi connectivity index (χ1v) is 7.02. The molecule has 1 aromatic carbocycles. The summed E-state index contributed by atoms with van der Waals surface area (Å²) in [4.78, 5) is 4.20. The number of sulfonamides is 1. The van der Waals surface area contributed by atoms with Gasteiger partial charge in [-0.25, -0.2) is 13.1 Å². The van der Waals surface area contributed by atoms with E-state index in [4.69, 9.17) is 0 Å². The van der Waals surface area contributed by atoms with Gasteiger partial charge in [0.25, 0.3) is 0 Å². The molecule has 1 heterocycles. The van der Waals surface area contributed by atoms with Crippen molar-refractivity contribution in [3.63, 3.8) is 0 Å². The standard InChI is InChI=1S/C13H14N2O2S/c1-11-4-2-3-5-13(11)18(16,17)15-10-12-6-8-14-9-7-12/h2-9,15H,10H2,1H3. The van der Waals surface area contributed by atoms with E-state index in [-0.39, 0.29) is 6.54 Å². The molecular weight excluding hydrogens is 248 g/mol. The van der Waals surface area contributed by atoms with E-state index in [9.17, 15) is 8.42 Å². The lowest BCUT2D eigenvalue weighted by atomic mass is 10.2. The Morgan fingerprint density at radius 2 is 1.78 bits per heavy atom. The summed E-state index contributed by atoms with van der Waals surface area (Å²) in [5.74, 6) is 0.